The number of allylic oxidation sites excluding steroid dienone is 5. The van der Waals surface area contributed by atoms with Crippen molar-refractivity contribution in [1.82, 2.24) is 5.32 Å². The van der Waals surface area contributed by atoms with Crippen LogP contribution in [-0.4, -0.2) is 6.54 Å². The van der Waals surface area contributed by atoms with Crippen molar-refractivity contribution in [1.29, 1.82) is 0 Å². The minimum Gasteiger partial charge on any atom is -0.385 e. The summed E-state index contributed by atoms with van der Waals surface area (Å²) in [7, 11) is 0. The van der Waals surface area contributed by atoms with Crippen LogP contribution in [-0.2, 0) is 0 Å². The summed E-state index contributed by atoms with van der Waals surface area (Å²) in [5.74, 6) is -0.898. The van der Waals surface area contributed by atoms with Gasteiger partial charge in [-0.2, -0.15) is 0 Å². The Morgan fingerprint density at radius 2 is 2.08 bits per heavy atom. The van der Waals surface area contributed by atoms with Crippen LogP contribution >= 0.6 is 0 Å². The number of hydrogen-bond acceptors (Lipinski definition) is 1. The molecule has 0 saturated carbocycles. The van der Waals surface area contributed by atoms with Crippen LogP contribution in [0.25, 0.3) is 0 Å². The Kier molecular flexibility index (Phi) is 3.02. The van der Waals surface area contributed by atoms with Crippen LogP contribution in [0.5, 0.6) is 0 Å². The van der Waals surface area contributed by atoms with Crippen molar-refractivity contribution >= 4 is 0 Å². The van der Waals surface area contributed by atoms with E-state index >= 15 is 0 Å². The highest BCUT2D eigenvalue weighted by Crippen LogP contribution is 2.18. The summed E-state index contributed by atoms with van der Waals surface area (Å²) in [6.07, 6.45) is 3.89. The minimum absolute atomic E-state index is 0.231. The highest BCUT2D eigenvalue weighted by Gasteiger charge is 2.04. The van der Waals surface area contributed by atoms with E-state index in [1.807, 2.05) is 6.92 Å². The molecule has 0 aromatic carbocycles. The second-order valence-corrected chi connectivity index (χ2v) is 2.53. The number of halogens is 2. The molecular weight excluding hydrogens is 160 g/mol. The van der Waals surface area contributed by atoms with Gasteiger partial charge in [-0.15, -0.1) is 0 Å². The van der Waals surface area contributed by atoms with E-state index in [-0.39, 0.29) is 6.42 Å². The maximum atomic E-state index is 12.8. The summed E-state index contributed by atoms with van der Waals surface area (Å²) in [6.45, 7) is 2.60. The first-order valence-electron chi connectivity index (χ1n) is 3.88. The molecule has 0 spiro atoms. The van der Waals surface area contributed by atoms with Gasteiger partial charge in [0.25, 0.3) is 0 Å². The van der Waals surface area contributed by atoms with Crippen molar-refractivity contribution in [3.8, 4) is 0 Å². The normalized spacial score (nSPS) is 17.4. The van der Waals surface area contributed by atoms with Gasteiger partial charge in [0.15, 0.2) is 0 Å². The number of rotatable bonds is 2. The second kappa shape index (κ2) is 4.04. The Morgan fingerprint density at radius 3 is 2.75 bits per heavy atom. The zero-order chi connectivity index (χ0) is 8.97. The van der Waals surface area contributed by atoms with Crippen LogP contribution in [0.15, 0.2) is 35.6 Å². The first-order valence-corrected chi connectivity index (χ1v) is 3.88. The molecule has 0 unspecified atom stereocenters. The SMILES string of the molecule is CCNC1=CC=C(F)CC(F)=C1. The summed E-state index contributed by atoms with van der Waals surface area (Å²) >= 11 is 0. The van der Waals surface area contributed by atoms with Crippen LogP contribution < -0.4 is 5.32 Å². The Balaban J connectivity index is 2.78. The van der Waals surface area contributed by atoms with Crippen LogP contribution in [0.3, 0.4) is 0 Å². The lowest BCUT2D eigenvalue weighted by Crippen LogP contribution is -2.09. The van der Waals surface area contributed by atoms with Gasteiger partial charge in [-0.1, -0.05) is 0 Å². The zero-order valence-corrected chi connectivity index (χ0v) is 6.90. The van der Waals surface area contributed by atoms with E-state index in [9.17, 15) is 8.78 Å². The summed E-state index contributed by atoms with van der Waals surface area (Å²) in [4.78, 5) is 0. The smallest absolute Gasteiger partial charge is 0.109 e. The highest BCUT2D eigenvalue weighted by atomic mass is 19.1. The molecule has 0 bridgehead atoms. The summed E-state index contributed by atoms with van der Waals surface area (Å²) in [5.41, 5.74) is 0.614. The second-order valence-electron chi connectivity index (χ2n) is 2.53. The number of nitrogens with one attached hydrogen (secondary N) is 1. The van der Waals surface area contributed by atoms with Crippen LogP contribution in [0.2, 0.25) is 0 Å². The molecule has 0 aromatic heterocycles. The maximum Gasteiger partial charge on any atom is 0.109 e. The first kappa shape index (κ1) is 8.97. The Bertz CT molecular complexity index is 251. The molecule has 12 heavy (non-hydrogen) atoms. The molecule has 0 amide bonds. The van der Waals surface area contributed by atoms with Gasteiger partial charge in [-0.25, -0.2) is 8.78 Å². The lowest BCUT2D eigenvalue weighted by atomic mass is 10.3. The van der Waals surface area contributed by atoms with E-state index in [1.54, 1.807) is 0 Å². The molecule has 0 saturated heterocycles. The number of hydrogen-bond donors (Lipinski definition) is 1. The zero-order valence-electron chi connectivity index (χ0n) is 6.90. The molecule has 0 fully saturated rings. The highest BCUT2D eigenvalue weighted by molar-refractivity contribution is 5.29. The standard InChI is InChI=1S/C9H11F2N/c1-2-12-9-4-3-7(10)5-8(11)6-9/h3-4,6,12H,2,5H2,1H3. The van der Waals surface area contributed by atoms with E-state index < -0.39 is 11.7 Å². The molecule has 1 aliphatic rings. The first-order chi connectivity index (χ1) is 5.72. The molecule has 3 heteroatoms. The molecular formula is C9H11F2N. The van der Waals surface area contributed by atoms with Gasteiger partial charge in [0.1, 0.15) is 11.7 Å². The molecule has 0 aliphatic heterocycles. The van der Waals surface area contributed by atoms with E-state index in [4.69, 9.17) is 0 Å². The Hall–Kier alpha value is -1.12. The van der Waals surface area contributed by atoms with E-state index in [2.05, 4.69) is 5.32 Å². The minimum atomic E-state index is -0.451. The molecule has 0 heterocycles. The van der Waals surface area contributed by atoms with Gasteiger partial charge in [0.2, 0.25) is 0 Å². The fraction of sp³-hybridized carbons (Fsp3) is 0.333. The predicted octanol–water partition coefficient (Wildman–Crippen LogP) is 2.59. The Morgan fingerprint density at radius 1 is 1.33 bits per heavy atom. The van der Waals surface area contributed by atoms with Crippen molar-refractivity contribution in [2.24, 2.45) is 0 Å². The van der Waals surface area contributed by atoms with Gasteiger partial charge < -0.3 is 5.32 Å². The summed E-state index contributed by atoms with van der Waals surface area (Å²) < 4.78 is 25.4. The summed E-state index contributed by atoms with van der Waals surface area (Å²) in [6, 6.07) is 0. The third kappa shape index (κ3) is 2.49. The average Bonchev–Trinajstić information content (AvgIpc) is 2.13. The van der Waals surface area contributed by atoms with Crippen molar-refractivity contribution in [3.05, 3.63) is 35.6 Å². The quantitative estimate of drug-likeness (QED) is 0.673. The molecule has 0 radical (unpaired) electrons. The lowest BCUT2D eigenvalue weighted by Gasteiger charge is -2.00. The largest absolute Gasteiger partial charge is 0.385 e. The fourth-order valence-corrected chi connectivity index (χ4v) is 0.982. The van der Waals surface area contributed by atoms with Crippen molar-refractivity contribution < 1.29 is 8.78 Å². The molecule has 1 rings (SSSR count). The van der Waals surface area contributed by atoms with Crippen LogP contribution in [0, 0.1) is 0 Å². The van der Waals surface area contributed by atoms with E-state index in [1.165, 1.54) is 18.2 Å². The molecule has 1 nitrogen and oxygen atoms in total. The molecule has 1 N–H and O–H groups in total. The average molecular weight is 171 g/mol. The van der Waals surface area contributed by atoms with Gasteiger partial charge in [-0.3, -0.25) is 0 Å². The van der Waals surface area contributed by atoms with Crippen molar-refractivity contribution in [2.75, 3.05) is 6.54 Å². The molecule has 1 aliphatic carbocycles. The molecule has 0 aromatic rings. The number of likely N-dealkylation sites (N-methyl/N-ethyl adjacent to an activating group) is 1. The van der Waals surface area contributed by atoms with Crippen molar-refractivity contribution in [2.45, 2.75) is 13.3 Å². The lowest BCUT2D eigenvalue weighted by molar-refractivity contribution is 0.542. The van der Waals surface area contributed by atoms with E-state index in [0.717, 1.165) is 0 Å². The molecule has 0 atom stereocenters. The topological polar surface area (TPSA) is 12.0 Å². The van der Waals surface area contributed by atoms with E-state index in [0.29, 0.717) is 12.2 Å². The summed E-state index contributed by atoms with van der Waals surface area (Å²) in [5, 5.41) is 2.91. The van der Waals surface area contributed by atoms with Gasteiger partial charge in [-0.05, 0) is 25.2 Å². The van der Waals surface area contributed by atoms with Gasteiger partial charge in [0, 0.05) is 12.2 Å². The third-order valence-corrected chi connectivity index (χ3v) is 1.47. The monoisotopic (exact) mass is 171 g/mol. The van der Waals surface area contributed by atoms with Gasteiger partial charge >= 0.3 is 0 Å². The van der Waals surface area contributed by atoms with Crippen molar-refractivity contribution in [3.63, 3.8) is 0 Å². The Labute approximate surface area is 70.5 Å². The van der Waals surface area contributed by atoms with Crippen LogP contribution in [0.1, 0.15) is 13.3 Å². The van der Waals surface area contributed by atoms with Gasteiger partial charge in [0.05, 0.1) is 6.42 Å². The predicted molar refractivity (Wildman–Crippen MR) is 44.8 cm³/mol. The molecule has 66 valence electrons. The third-order valence-electron chi connectivity index (χ3n) is 1.47. The maximum absolute atomic E-state index is 12.8. The van der Waals surface area contributed by atoms with Crippen LogP contribution in [0.4, 0.5) is 8.78 Å². The fourth-order valence-electron chi connectivity index (χ4n) is 0.982.